The maximum absolute atomic E-state index is 11.8. The van der Waals surface area contributed by atoms with Gasteiger partial charge in [-0.3, -0.25) is 4.79 Å². The van der Waals surface area contributed by atoms with E-state index in [-0.39, 0.29) is 11.8 Å². The van der Waals surface area contributed by atoms with Gasteiger partial charge in [-0.1, -0.05) is 15.9 Å². The molecule has 6 heteroatoms. The van der Waals surface area contributed by atoms with Crippen molar-refractivity contribution in [2.75, 3.05) is 18.1 Å². The summed E-state index contributed by atoms with van der Waals surface area (Å²) in [4.78, 5) is 11.8. The molecule has 1 aromatic carbocycles. The molecule has 1 fully saturated rings. The van der Waals surface area contributed by atoms with Crippen molar-refractivity contribution < 1.29 is 13.2 Å². The highest BCUT2D eigenvalue weighted by atomic mass is 79.9. The van der Waals surface area contributed by atoms with Crippen LogP contribution in [-0.2, 0) is 9.84 Å². The van der Waals surface area contributed by atoms with Gasteiger partial charge in [0.15, 0.2) is 9.84 Å². The fourth-order valence-electron chi connectivity index (χ4n) is 2.40. The number of halogens is 1. The van der Waals surface area contributed by atoms with Gasteiger partial charge in [-0.2, -0.15) is 0 Å². The van der Waals surface area contributed by atoms with E-state index >= 15 is 0 Å². The Morgan fingerprint density at radius 2 is 2.00 bits per heavy atom. The van der Waals surface area contributed by atoms with E-state index in [0.29, 0.717) is 23.6 Å². The Balaban J connectivity index is 1.68. The average molecular weight is 360 g/mol. The highest BCUT2D eigenvalue weighted by Gasteiger charge is 2.27. The molecule has 4 nitrogen and oxygen atoms in total. The molecule has 0 aromatic heterocycles. The number of sulfone groups is 1. The van der Waals surface area contributed by atoms with Crippen molar-refractivity contribution >= 4 is 31.7 Å². The van der Waals surface area contributed by atoms with Gasteiger partial charge >= 0.3 is 0 Å². The van der Waals surface area contributed by atoms with Crippen molar-refractivity contribution in [2.24, 2.45) is 5.92 Å². The van der Waals surface area contributed by atoms with Crippen LogP contribution in [0.25, 0.3) is 0 Å². The van der Waals surface area contributed by atoms with E-state index in [1.807, 2.05) is 12.1 Å². The van der Waals surface area contributed by atoms with Gasteiger partial charge in [0.2, 0.25) is 0 Å². The average Bonchev–Trinajstić information content (AvgIpc) is 2.75. The lowest BCUT2D eigenvalue weighted by molar-refractivity contribution is 0.0952. The molecule has 1 aromatic rings. The number of hydrogen-bond donors (Lipinski definition) is 1. The maximum Gasteiger partial charge on any atom is 0.251 e. The summed E-state index contributed by atoms with van der Waals surface area (Å²) in [5.74, 6) is 0.817. The molecule has 1 aliphatic heterocycles. The van der Waals surface area contributed by atoms with Crippen LogP contribution in [-0.4, -0.2) is 32.4 Å². The van der Waals surface area contributed by atoms with Crippen LogP contribution in [0.2, 0.25) is 0 Å². The van der Waals surface area contributed by atoms with Crippen LogP contribution in [0.15, 0.2) is 28.7 Å². The number of rotatable bonds is 5. The van der Waals surface area contributed by atoms with Crippen LogP contribution < -0.4 is 5.32 Å². The predicted molar refractivity (Wildman–Crippen MR) is 82.5 cm³/mol. The van der Waals surface area contributed by atoms with Gasteiger partial charge in [0.25, 0.3) is 5.91 Å². The van der Waals surface area contributed by atoms with Crippen LogP contribution in [0.1, 0.15) is 29.6 Å². The lowest BCUT2D eigenvalue weighted by atomic mass is 10.0. The number of hydrogen-bond acceptors (Lipinski definition) is 3. The van der Waals surface area contributed by atoms with Gasteiger partial charge in [-0.15, -0.1) is 0 Å². The molecule has 1 atom stereocenters. The van der Waals surface area contributed by atoms with E-state index in [4.69, 9.17) is 0 Å². The summed E-state index contributed by atoms with van der Waals surface area (Å²) in [6.07, 6.45) is 2.45. The third-order valence-electron chi connectivity index (χ3n) is 3.51. The molecule has 2 rings (SSSR count). The summed E-state index contributed by atoms with van der Waals surface area (Å²) >= 11 is 3.32. The molecule has 0 aliphatic carbocycles. The third kappa shape index (κ3) is 4.59. The summed E-state index contributed by atoms with van der Waals surface area (Å²) in [6, 6.07) is 7.20. The van der Waals surface area contributed by atoms with Crippen molar-refractivity contribution in [2.45, 2.75) is 19.3 Å². The van der Waals surface area contributed by atoms with E-state index in [1.165, 1.54) is 0 Å². The van der Waals surface area contributed by atoms with Crippen LogP contribution >= 0.6 is 15.9 Å². The van der Waals surface area contributed by atoms with Crippen molar-refractivity contribution in [3.63, 3.8) is 0 Å². The van der Waals surface area contributed by atoms with Gasteiger partial charge < -0.3 is 5.32 Å². The number of nitrogens with one attached hydrogen (secondary N) is 1. The second-order valence-electron chi connectivity index (χ2n) is 5.17. The lowest BCUT2D eigenvalue weighted by Gasteiger charge is -2.08. The molecule has 1 aliphatic rings. The smallest absolute Gasteiger partial charge is 0.251 e. The highest BCUT2D eigenvalue weighted by Crippen LogP contribution is 2.22. The zero-order valence-corrected chi connectivity index (χ0v) is 13.5. The molecule has 0 bridgehead atoms. The molecule has 1 unspecified atom stereocenters. The molecular formula is C14H18BrNO3S. The minimum atomic E-state index is -2.79. The Morgan fingerprint density at radius 1 is 1.30 bits per heavy atom. The number of benzene rings is 1. The quantitative estimate of drug-likeness (QED) is 0.821. The van der Waals surface area contributed by atoms with Crippen molar-refractivity contribution in [3.8, 4) is 0 Å². The number of carbonyl (C=O) groups excluding carboxylic acids is 1. The summed E-state index contributed by atoms with van der Waals surface area (Å²) in [6.45, 7) is 0.589. The zero-order chi connectivity index (χ0) is 14.6. The summed E-state index contributed by atoms with van der Waals surface area (Å²) < 4.78 is 23.6. The zero-order valence-electron chi connectivity index (χ0n) is 11.1. The third-order valence-corrected chi connectivity index (χ3v) is 5.87. The second kappa shape index (κ2) is 6.72. The second-order valence-corrected chi connectivity index (χ2v) is 8.32. The minimum absolute atomic E-state index is 0.0865. The Morgan fingerprint density at radius 3 is 2.60 bits per heavy atom. The standard InChI is InChI=1S/C14H18BrNO3S/c15-13-5-3-12(4-6-13)14(17)16-8-1-2-11-7-9-20(18,19)10-11/h3-6,11H,1-2,7-10H2,(H,16,17). The van der Waals surface area contributed by atoms with Gasteiger partial charge in [0, 0.05) is 16.6 Å². The van der Waals surface area contributed by atoms with Crippen LogP contribution in [0, 0.1) is 5.92 Å². The van der Waals surface area contributed by atoms with Gasteiger partial charge in [0.1, 0.15) is 0 Å². The van der Waals surface area contributed by atoms with E-state index in [0.717, 1.165) is 23.7 Å². The van der Waals surface area contributed by atoms with Crippen LogP contribution in [0.3, 0.4) is 0 Å². The molecule has 1 amide bonds. The van der Waals surface area contributed by atoms with Crippen molar-refractivity contribution in [3.05, 3.63) is 34.3 Å². The van der Waals surface area contributed by atoms with Crippen molar-refractivity contribution in [1.82, 2.24) is 5.32 Å². The first-order chi connectivity index (χ1) is 9.46. The largest absolute Gasteiger partial charge is 0.352 e. The van der Waals surface area contributed by atoms with Gasteiger partial charge in [-0.05, 0) is 49.4 Å². The summed E-state index contributed by atoms with van der Waals surface area (Å²) in [7, 11) is -2.79. The maximum atomic E-state index is 11.8. The summed E-state index contributed by atoms with van der Waals surface area (Å²) in [5.41, 5.74) is 0.636. The van der Waals surface area contributed by atoms with Gasteiger partial charge in [0.05, 0.1) is 11.5 Å². The number of amides is 1. The molecular weight excluding hydrogens is 342 g/mol. The molecule has 20 heavy (non-hydrogen) atoms. The lowest BCUT2D eigenvalue weighted by Crippen LogP contribution is -2.24. The normalized spacial score (nSPS) is 20.8. The fourth-order valence-corrected chi connectivity index (χ4v) is 4.57. The van der Waals surface area contributed by atoms with E-state index in [1.54, 1.807) is 12.1 Å². The predicted octanol–water partition coefficient (Wildman–Crippen LogP) is 2.39. The van der Waals surface area contributed by atoms with Crippen LogP contribution in [0.4, 0.5) is 0 Å². The van der Waals surface area contributed by atoms with Crippen LogP contribution in [0.5, 0.6) is 0 Å². The highest BCUT2D eigenvalue weighted by molar-refractivity contribution is 9.10. The first kappa shape index (κ1) is 15.5. The summed E-state index contributed by atoms with van der Waals surface area (Å²) in [5, 5.41) is 2.86. The molecule has 0 saturated carbocycles. The van der Waals surface area contributed by atoms with Crippen molar-refractivity contribution in [1.29, 1.82) is 0 Å². The Bertz CT molecular complexity index is 569. The molecule has 110 valence electrons. The topological polar surface area (TPSA) is 63.2 Å². The fraction of sp³-hybridized carbons (Fsp3) is 0.500. The number of carbonyl (C=O) groups is 1. The molecule has 0 spiro atoms. The molecule has 1 saturated heterocycles. The van der Waals surface area contributed by atoms with E-state index in [9.17, 15) is 13.2 Å². The first-order valence-corrected chi connectivity index (χ1v) is 9.32. The Kier molecular flexibility index (Phi) is 5.21. The monoisotopic (exact) mass is 359 g/mol. The molecule has 1 heterocycles. The first-order valence-electron chi connectivity index (χ1n) is 6.70. The SMILES string of the molecule is O=C(NCCCC1CCS(=O)(=O)C1)c1ccc(Br)cc1. The minimum Gasteiger partial charge on any atom is -0.352 e. The van der Waals surface area contributed by atoms with E-state index in [2.05, 4.69) is 21.2 Å². The van der Waals surface area contributed by atoms with E-state index < -0.39 is 9.84 Å². The Hall–Kier alpha value is -0.880. The van der Waals surface area contributed by atoms with Gasteiger partial charge in [-0.25, -0.2) is 8.42 Å². The molecule has 1 N–H and O–H groups in total. The Labute approximate surface area is 128 Å². The molecule has 0 radical (unpaired) electrons.